The highest BCUT2D eigenvalue weighted by molar-refractivity contribution is 9.10. The molecule has 0 N–H and O–H groups in total. The van der Waals surface area contributed by atoms with Crippen LogP contribution in [0.1, 0.15) is 11.1 Å². The number of aryl methyl sites for hydroxylation is 1. The van der Waals surface area contributed by atoms with Gasteiger partial charge in [-0.25, -0.2) is 0 Å². The number of halogens is 1. The Kier molecular flexibility index (Phi) is 2.93. The molecule has 0 saturated heterocycles. The minimum Gasteiger partial charge on any atom is -0.497 e. The van der Waals surface area contributed by atoms with Crippen LogP contribution >= 0.6 is 15.9 Å². The highest BCUT2D eigenvalue weighted by Gasteiger charge is 2.01. The van der Waals surface area contributed by atoms with E-state index in [-0.39, 0.29) is 0 Å². The van der Waals surface area contributed by atoms with E-state index >= 15 is 0 Å². The van der Waals surface area contributed by atoms with E-state index in [1.165, 1.54) is 0 Å². The highest BCUT2D eigenvalue weighted by Crippen LogP contribution is 2.21. The number of hydrogen-bond donors (Lipinski definition) is 0. The summed E-state index contributed by atoms with van der Waals surface area (Å²) in [6, 6.07) is 6.01. The predicted molar refractivity (Wildman–Crippen MR) is 54.9 cm³/mol. The van der Waals surface area contributed by atoms with Crippen LogP contribution in [0.15, 0.2) is 29.3 Å². The van der Waals surface area contributed by atoms with Gasteiger partial charge in [0.05, 0.1) is 7.11 Å². The minimum absolute atomic E-state index is 0.708. The number of methoxy groups -OCH3 is 1. The summed E-state index contributed by atoms with van der Waals surface area (Å²) in [5.74, 6) is 0.708. The number of ether oxygens (including phenoxy) is 1. The van der Waals surface area contributed by atoms with Crippen LogP contribution in [0.4, 0.5) is 0 Å². The van der Waals surface area contributed by atoms with Crippen molar-refractivity contribution in [3.63, 3.8) is 0 Å². The Morgan fingerprint density at radius 1 is 1.50 bits per heavy atom. The summed E-state index contributed by atoms with van der Waals surface area (Å²) < 4.78 is 6.12. The summed E-state index contributed by atoms with van der Waals surface area (Å²) in [7, 11) is 1.63. The maximum Gasteiger partial charge on any atom is 0.119 e. The molecular weight excluding hydrogens is 216 g/mol. The van der Waals surface area contributed by atoms with Gasteiger partial charge in [0.15, 0.2) is 0 Å². The van der Waals surface area contributed by atoms with E-state index in [1.807, 2.05) is 25.1 Å². The van der Waals surface area contributed by atoms with Crippen molar-refractivity contribution in [2.24, 2.45) is 0 Å². The molecule has 0 atom stereocenters. The fourth-order valence-corrected chi connectivity index (χ4v) is 1.53. The maximum atomic E-state index is 5.05. The highest BCUT2D eigenvalue weighted by atomic mass is 79.9. The zero-order valence-electron chi connectivity index (χ0n) is 7.23. The van der Waals surface area contributed by atoms with Gasteiger partial charge in [0, 0.05) is 10.0 Å². The normalized spacial score (nSPS) is 9.58. The van der Waals surface area contributed by atoms with Crippen molar-refractivity contribution in [2.75, 3.05) is 7.11 Å². The van der Waals surface area contributed by atoms with Gasteiger partial charge >= 0.3 is 0 Å². The zero-order valence-corrected chi connectivity index (χ0v) is 8.81. The van der Waals surface area contributed by atoms with Crippen LogP contribution in [-0.2, 0) is 4.74 Å². The Balaban J connectivity index is 3.09. The van der Waals surface area contributed by atoms with Gasteiger partial charge in [0.25, 0.3) is 0 Å². The van der Waals surface area contributed by atoms with Gasteiger partial charge < -0.3 is 4.74 Å². The molecule has 1 aromatic carbocycles. The topological polar surface area (TPSA) is 9.23 Å². The van der Waals surface area contributed by atoms with Crippen molar-refractivity contribution in [3.8, 4) is 0 Å². The SMILES string of the molecule is C=C(OC)c1ccc(Br)cc1C. The lowest BCUT2D eigenvalue weighted by Crippen LogP contribution is -1.89. The summed E-state index contributed by atoms with van der Waals surface area (Å²) >= 11 is 3.40. The summed E-state index contributed by atoms with van der Waals surface area (Å²) in [6.07, 6.45) is 0. The molecular formula is C10H11BrO. The lowest BCUT2D eigenvalue weighted by molar-refractivity contribution is 0.371. The Bertz CT molecular complexity index is 305. The first-order valence-electron chi connectivity index (χ1n) is 3.64. The molecule has 1 rings (SSSR count). The predicted octanol–water partition coefficient (Wildman–Crippen LogP) is 3.37. The molecule has 0 aliphatic carbocycles. The van der Waals surface area contributed by atoms with Gasteiger partial charge in [-0.15, -0.1) is 0 Å². The fraction of sp³-hybridized carbons (Fsp3) is 0.200. The van der Waals surface area contributed by atoms with Crippen LogP contribution in [0.5, 0.6) is 0 Å². The van der Waals surface area contributed by atoms with Crippen LogP contribution < -0.4 is 0 Å². The van der Waals surface area contributed by atoms with Gasteiger partial charge in [0.2, 0.25) is 0 Å². The smallest absolute Gasteiger partial charge is 0.119 e. The Labute approximate surface area is 81.2 Å². The van der Waals surface area contributed by atoms with E-state index in [2.05, 4.69) is 22.5 Å². The van der Waals surface area contributed by atoms with Gasteiger partial charge in [-0.05, 0) is 30.7 Å². The van der Waals surface area contributed by atoms with Crippen LogP contribution in [0.2, 0.25) is 0 Å². The quantitative estimate of drug-likeness (QED) is 0.703. The van der Waals surface area contributed by atoms with Crippen molar-refractivity contribution in [2.45, 2.75) is 6.92 Å². The van der Waals surface area contributed by atoms with E-state index < -0.39 is 0 Å². The monoisotopic (exact) mass is 226 g/mol. The van der Waals surface area contributed by atoms with Gasteiger partial charge in [-0.2, -0.15) is 0 Å². The van der Waals surface area contributed by atoms with Crippen LogP contribution in [0.3, 0.4) is 0 Å². The summed E-state index contributed by atoms with van der Waals surface area (Å²) in [5.41, 5.74) is 2.22. The van der Waals surface area contributed by atoms with Gasteiger partial charge in [-0.3, -0.25) is 0 Å². The summed E-state index contributed by atoms with van der Waals surface area (Å²) in [6.45, 7) is 5.83. The molecule has 1 aromatic rings. The van der Waals surface area contributed by atoms with Crippen LogP contribution in [0, 0.1) is 6.92 Å². The lowest BCUT2D eigenvalue weighted by atomic mass is 10.1. The van der Waals surface area contributed by atoms with Crippen molar-refractivity contribution < 1.29 is 4.74 Å². The van der Waals surface area contributed by atoms with Gasteiger partial charge in [0.1, 0.15) is 5.76 Å². The molecule has 12 heavy (non-hydrogen) atoms. The second-order valence-electron chi connectivity index (χ2n) is 2.59. The van der Waals surface area contributed by atoms with Crippen molar-refractivity contribution >= 4 is 21.7 Å². The largest absolute Gasteiger partial charge is 0.497 e. The molecule has 0 amide bonds. The average molecular weight is 227 g/mol. The third-order valence-electron chi connectivity index (χ3n) is 1.74. The van der Waals surface area contributed by atoms with E-state index in [0.29, 0.717) is 5.76 Å². The first kappa shape index (κ1) is 9.33. The molecule has 0 aromatic heterocycles. The van der Waals surface area contributed by atoms with E-state index in [4.69, 9.17) is 4.74 Å². The Hall–Kier alpha value is -0.760. The first-order chi connectivity index (χ1) is 5.65. The molecule has 0 fully saturated rings. The number of benzene rings is 1. The van der Waals surface area contributed by atoms with Crippen molar-refractivity contribution in [3.05, 3.63) is 40.4 Å². The zero-order chi connectivity index (χ0) is 9.14. The fourth-order valence-electron chi connectivity index (χ4n) is 1.05. The lowest BCUT2D eigenvalue weighted by Gasteiger charge is -2.07. The molecule has 0 unspecified atom stereocenters. The van der Waals surface area contributed by atoms with Crippen LogP contribution in [0.25, 0.3) is 5.76 Å². The van der Waals surface area contributed by atoms with Crippen LogP contribution in [-0.4, -0.2) is 7.11 Å². The molecule has 0 aliphatic rings. The molecule has 0 radical (unpaired) electrons. The third kappa shape index (κ3) is 1.89. The number of hydrogen-bond acceptors (Lipinski definition) is 1. The molecule has 0 spiro atoms. The molecule has 0 aliphatic heterocycles. The second kappa shape index (κ2) is 3.76. The van der Waals surface area contributed by atoms with E-state index in [9.17, 15) is 0 Å². The van der Waals surface area contributed by atoms with Crippen molar-refractivity contribution in [1.82, 2.24) is 0 Å². The second-order valence-corrected chi connectivity index (χ2v) is 3.50. The third-order valence-corrected chi connectivity index (χ3v) is 2.23. The van der Waals surface area contributed by atoms with E-state index in [1.54, 1.807) is 7.11 Å². The van der Waals surface area contributed by atoms with E-state index in [0.717, 1.165) is 15.6 Å². The number of rotatable bonds is 2. The average Bonchev–Trinajstić information content (AvgIpc) is 2.03. The molecule has 2 heteroatoms. The standard InChI is InChI=1S/C10H11BrO/c1-7-6-9(11)4-5-10(7)8(2)12-3/h4-6H,2H2,1,3H3. The molecule has 0 heterocycles. The summed E-state index contributed by atoms with van der Waals surface area (Å²) in [5, 5.41) is 0. The molecule has 64 valence electrons. The summed E-state index contributed by atoms with van der Waals surface area (Å²) in [4.78, 5) is 0. The molecule has 0 saturated carbocycles. The molecule has 0 bridgehead atoms. The Morgan fingerprint density at radius 2 is 2.17 bits per heavy atom. The van der Waals surface area contributed by atoms with Crippen molar-refractivity contribution in [1.29, 1.82) is 0 Å². The Morgan fingerprint density at radius 3 is 2.67 bits per heavy atom. The van der Waals surface area contributed by atoms with Gasteiger partial charge in [-0.1, -0.05) is 22.5 Å². The minimum atomic E-state index is 0.708. The molecule has 1 nitrogen and oxygen atoms in total. The maximum absolute atomic E-state index is 5.05. The first-order valence-corrected chi connectivity index (χ1v) is 4.44.